The highest BCUT2D eigenvalue weighted by Crippen LogP contribution is 2.28. The first-order valence-electron chi connectivity index (χ1n) is 3.97. The molecule has 1 N–H and O–H groups in total. The van der Waals surface area contributed by atoms with E-state index in [1.165, 1.54) is 23.7 Å². The molecular weight excluding hydrogens is 182 g/mol. The molecule has 0 aliphatic carbocycles. The first-order chi connectivity index (χ1) is 6.25. The van der Waals surface area contributed by atoms with Gasteiger partial charge in [0.1, 0.15) is 5.76 Å². The monoisotopic (exact) mass is 191 g/mol. The van der Waals surface area contributed by atoms with Crippen molar-refractivity contribution in [2.24, 2.45) is 4.40 Å². The second-order valence-corrected chi connectivity index (χ2v) is 3.77. The van der Waals surface area contributed by atoms with Crippen molar-refractivity contribution < 1.29 is 5.11 Å². The molecule has 0 atom stereocenters. The van der Waals surface area contributed by atoms with Crippen LogP contribution in [0.4, 0.5) is 0 Å². The molecule has 2 nitrogen and oxygen atoms in total. The summed E-state index contributed by atoms with van der Waals surface area (Å²) in [5.41, 5.74) is 2.21. The van der Waals surface area contributed by atoms with Crippen LogP contribution in [0.2, 0.25) is 0 Å². The quantitative estimate of drug-likeness (QED) is 0.639. The second-order valence-electron chi connectivity index (χ2n) is 2.94. The minimum Gasteiger partial charge on any atom is -0.506 e. The van der Waals surface area contributed by atoms with Crippen molar-refractivity contribution in [3.8, 4) is 0 Å². The van der Waals surface area contributed by atoms with Crippen molar-refractivity contribution in [1.29, 1.82) is 0 Å². The third kappa shape index (κ3) is 1.75. The third-order valence-electron chi connectivity index (χ3n) is 1.80. The van der Waals surface area contributed by atoms with Gasteiger partial charge in [-0.1, -0.05) is 17.7 Å². The summed E-state index contributed by atoms with van der Waals surface area (Å²) in [5, 5.41) is 9.33. The minimum atomic E-state index is 0.205. The molecule has 1 aromatic rings. The van der Waals surface area contributed by atoms with E-state index in [-0.39, 0.29) is 5.76 Å². The zero-order chi connectivity index (χ0) is 9.26. The second kappa shape index (κ2) is 3.26. The molecule has 66 valence electrons. The SMILES string of the molecule is Cc1ccc2c(c1)C=C(O)C=NS2. The largest absolute Gasteiger partial charge is 0.506 e. The Labute approximate surface area is 81.1 Å². The first kappa shape index (κ1) is 8.38. The van der Waals surface area contributed by atoms with E-state index >= 15 is 0 Å². The lowest BCUT2D eigenvalue weighted by Gasteiger charge is -2.01. The molecule has 2 rings (SSSR count). The van der Waals surface area contributed by atoms with Crippen molar-refractivity contribution in [3.05, 3.63) is 35.1 Å². The minimum absolute atomic E-state index is 0.205. The molecule has 3 heteroatoms. The van der Waals surface area contributed by atoms with E-state index in [2.05, 4.69) is 4.40 Å². The van der Waals surface area contributed by atoms with Gasteiger partial charge in [0, 0.05) is 16.8 Å². The van der Waals surface area contributed by atoms with Crippen molar-refractivity contribution in [2.75, 3.05) is 0 Å². The fraction of sp³-hybridized carbons (Fsp3) is 0.100. The number of fused-ring (bicyclic) bond motifs is 1. The number of nitrogens with zero attached hydrogens (tertiary/aromatic N) is 1. The maximum Gasteiger partial charge on any atom is 0.135 e. The molecule has 1 heterocycles. The zero-order valence-electron chi connectivity index (χ0n) is 7.19. The molecule has 0 unspecified atom stereocenters. The number of rotatable bonds is 0. The Morgan fingerprint density at radius 3 is 3.08 bits per heavy atom. The summed E-state index contributed by atoms with van der Waals surface area (Å²) in [6.45, 7) is 2.03. The van der Waals surface area contributed by atoms with Crippen LogP contribution in [0.1, 0.15) is 11.1 Å². The molecule has 0 amide bonds. The number of allylic oxidation sites excluding steroid dienone is 1. The van der Waals surface area contributed by atoms with E-state index in [9.17, 15) is 5.11 Å². The van der Waals surface area contributed by atoms with Crippen LogP contribution in [0.5, 0.6) is 0 Å². The van der Waals surface area contributed by atoms with Gasteiger partial charge in [-0.3, -0.25) is 0 Å². The molecule has 1 aromatic carbocycles. The van der Waals surface area contributed by atoms with Crippen LogP contribution in [0.3, 0.4) is 0 Å². The molecule has 0 radical (unpaired) electrons. The normalized spacial score (nSPS) is 14.7. The van der Waals surface area contributed by atoms with Gasteiger partial charge in [0.05, 0.1) is 6.21 Å². The Kier molecular flexibility index (Phi) is 2.10. The number of aliphatic hydroxyl groups excluding tert-OH is 1. The molecule has 13 heavy (non-hydrogen) atoms. The van der Waals surface area contributed by atoms with Crippen molar-refractivity contribution in [2.45, 2.75) is 11.8 Å². The number of aryl methyl sites for hydroxylation is 1. The Bertz CT molecular complexity index is 396. The van der Waals surface area contributed by atoms with Gasteiger partial charge in [0.2, 0.25) is 0 Å². The van der Waals surface area contributed by atoms with Crippen LogP contribution in [-0.2, 0) is 0 Å². The summed E-state index contributed by atoms with van der Waals surface area (Å²) in [4.78, 5) is 1.07. The maximum absolute atomic E-state index is 9.33. The lowest BCUT2D eigenvalue weighted by Crippen LogP contribution is -1.82. The van der Waals surface area contributed by atoms with E-state index in [0.29, 0.717) is 0 Å². The van der Waals surface area contributed by atoms with Gasteiger partial charge >= 0.3 is 0 Å². The van der Waals surface area contributed by atoms with E-state index in [1.807, 2.05) is 25.1 Å². The standard InChI is InChI=1S/C10H9NOS/c1-7-2-3-10-8(4-7)5-9(12)6-11-13-10/h2-6,12H,1H3. The topological polar surface area (TPSA) is 32.6 Å². The van der Waals surface area contributed by atoms with Crippen LogP contribution < -0.4 is 0 Å². The maximum atomic E-state index is 9.33. The number of benzene rings is 1. The van der Waals surface area contributed by atoms with Gasteiger partial charge in [0.25, 0.3) is 0 Å². The van der Waals surface area contributed by atoms with Gasteiger partial charge in [-0.05, 0) is 24.6 Å². The van der Waals surface area contributed by atoms with Crippen molar-refractivity contribution in [3.63, 3.8) is 0 Å². The molecule has 0 fully saturated rings. The van der Waals surface area contributed by atoms with Crippen LogP contribution in [-0.4, -0.2) is 11.3 Å². The molecule has 0 saturated carbocycles. The Morgan fingerprint density at radius 2 is 2.23 bits per heavy atom. The lowest BCUT2D eigenvalue weighted by atomic mass is 10.1. The van der Waals surface area contributed by atoms with E-state index in [1.54, 1.807) is 6.08 Å². The predicted molar refractivity (Wildman–Crippen MR) is 56.1 cm³/mol. The highest BCUT2D eigenvalue weighted by atomic mass is 32.2. The van der Waals surface area contributed by atoms with Crippen LogP contribution in [0, 0.1) is 6.92 Å². The molecule has 1 aliphatic rings. The fourth-order valence-corrected chi connectivity index (χ4v) is 1.82. The Morgan fingerprint density at radius 1 is 1.38 bits per heavy atom. The number of aliphatic hydroxyl groups is 1. The molecule has 1 aliphatic heterocycles. The average molecular weight is 191 g/mol. The lowest BCUT2D eigenvalue weighted by molar-refractivity contribution is 0.451. The first-order valence-corrected chi connectivity index (χ1v) is 4.75. The van der Waals surface area contributed by atoms with Crippen LogP contribution >= 0.6 is 11.9 Å². The van der Waals surface area contributed by atoms with E-state index in [4.69, 9.17) is 0 Å². The Hall–Kier alpha value is -1.22. The van der Waals surface area contributed by atoms with Gasteiger partial charge in [-0.15, -0.1) is 0 Å². The molecule has 0 saturated heterocycles. The van der Waals surface area contributed by atoms with E-state index in [0.717, 1.165) is 10.5 Å². The molecule has 0 bridgehead atoms. The van der Waals surface area contributed by atoms with Gasteiger partial charge in [-0.2, -0.15) is 0 Å². The van der Waals surface area contributed by atoms with Crippen molar-refractivity contribution >= 4 is 24.2 Å². The summed E-state index contributed by atoms with van der Waals surface area (Å²) in [5.74, 6) is 0.205. The summed E-state index contributed by atoms with van der Waals surface area (Å²) < 4.78 is 4.00. The fourth-order valence-electron chi connectivity index (χ4n) is 1.20. The molecule has 0 spiro atoms. The Balaban J connectivity index is 2.56. The highest BCUT2D eigenvalue weighted by molar-refractivity contribution is 7.98. The molecular formula is C10H9NOS. The summed E-state index contributed by atoms with van der Waals surface area (Å²) in [6.07, 6.45) is 3.19. The van der Waals surface area contributed by atoms with E-state index < -0.39 is 0 Å². The number of hydrogen-bond acceptors (Lipinski definition) is 3. The summed E-state index contributed by atoms with van der Waals surface area (Å²) >= 11 is 1.38. The average Bonchev–Trinajstić information content (AvgIpc) is 2.25. The van der Waals surface area contributed by atoms with Crippen LogP contribution in [0.25, 0.3) is 6.08 Å². The number of hydrogen-bond donors (Lipinski definition) is 1. The molecule has 0 aromatic heterocycles. The van der Waals surface area contributed by atoms with Gasteiger partial charge in [0.15, 0.2) is 0 Å². The van der Waals surface area contributed by atoms with Crippen molar-refractivity contribution in [1.82, 2.24) is 0 Å². The summed E-state index contributed by atoms with van der Waals surface area (Å²) in [6, 6.07) is 6.09. The zero-order valence-corrected chi connectivity index (χ0v) is 8.01. The van der Waals surface area contributed by atoms with Crippen LogP contribution in [0.15, 0.2) is 33.3 Å². The smallest absolute Gasteiger partial charge is 0.135 e. The predicted octanol–water partition coefficient (Wildman–Crippen LogP) is 2.99. The highest BCUT2D eigenvalue weighted by Gasteiger charge is 2.04. The summed E-state index contributed by atoms with van der Waals surface area (Å²) in [7, 11) is 0. The third-order valence-corrected chi connectivity index (χ3v) is 2.58. The van der Waals surface area contributed by atoms with Gasteiger partial charge in [-0.25, -0.2) is 4.40 Å². The van der Waals surface area contributed by atoms with Gasteiger partial charge < -0.3 is 5.11 Å².